The SMILES string of the molecule is C[C@@H]1CNc2c(sc3ccc4nc(N5CCC(CN6CCN(c7ccc8c(c7)n(C)c(=O)n8C7CCC(=O)NC7=O)CC6)CC5)ccc4c23)C(=O)N1. The minimum absolute atomic E-state index is 0.0105. The van der Waals surface area contributed by atoms with Crippen molar-refractivity contribution in [1.82, 2.24) is 29.7 Å². The Balaban J connectivity index is 0.819. The number of thiophene rings is 1. The normalized spacial score (nSPS) is 22.1. The molecule has 14 heteroatoms. The molecule has 3 amide bonds. The Kier molecular flexibility index (Phi) is 8.18. The zero-order valence-corrected chi connectivity index (χ0v) is 30.3. The molecular weight excluding hydrogens is 679 g/mol. The second-order valence-electron chi connectivity index (χ2n) is 14.8. The van der Waals surface area contributed by atoms with Gasteiger partial charge in [-0.2, -0.15) is 0 Å². The van der Waals surface area contributed by atoms with Crippen molar-refractivity contribution in [3.05, 3.63) is 57.8 Å². The summed E-state index contributed by atoms with van der Waals surface area (Å²) < 4.78 is 4.24. The number of imide groups is 1. The van der Waals surface area contributed by atoms with Crippen LogP contribution in [0.4, 0.5) is 17.2 Å². The van der Waals surface area contributed by atoms with Crippen LogP contribution in [0.5, 0.6) is 0 Å². The minimum atomic E-state index is -0.680. The highest BCUT2D eigenvalue weighted by Crippen LogP contribution is 2.41. The van der Waals surface area contributed by atoms with E-state index in [0.717, 1.165) is 107 Å². The molecule has 13 nitrogen and oxygen atoms in total. The maximum absolute atomic E-state index is 13.2. The lowest BCUT2D eigenvalue weighted by molar-refractivity contribution is -0.135. The number of amides is 3. The molecule has 4 aliphatic rings. The number of hydrogen-bond donors (Lipinski definition) is 3. The van der Waals surface area contributed by atoms with E-state index in [9.17, 15) is 19.2 Å². The molecule has 0 spiro atoms. The van der Waals surface area contributed by atoms with E-state index in [0.29, 0.717) is 24.4 Å². The summed E-state index contributed by atoms with van der Waals surface area (Å²) in [7, 11) is 1.74. The summed E-state index contributed by atoms with van der Waals surface area (Å²) in [5.41, 5.74) is 4.22. The van der Waals surface area contributed by atoms with Crippen molar-refractivity contribution >= 4 is 78.3 Å². The van der Waals surface area contributed by atoms with Crippen molar-refractivity contribution in [3.63, 3.8) is 0 Å². The van der Waals surface area contributed by atoms with E-state index < -0.39 is 11.9 Å². The van der Waals surface area contributed by atoms with E-state index >= 15 is 0 Å². The van der Waals surface area contributed by atoms with Crippen LogP contribution in [0.2, 0.25) is 0 Å². The zero-order valence-electron chi connectivity index (χ0n) is 29.5. The van der Waals surface area contributed by atoms with Gasteiger partial charge in [0.25, 0.3) is 5.91 Å². The average molecular weight is 722 g/mol. The Hall–Kier alpha value is -4.95. The van der Waals surface area contributed by atoms with Crippen LogP contribution in [-0.4, -0.2) is 95.1 Å². The topological polar surface area (TPSA) is 137 Å². The molecule has 2 aromatic carbocycles. The molecule has 9 rings (SSSR count). The smallest absolute Gasteiger partial charge is 0.329 e. The first-order valence-corrected chi connectivity index (χ1v) is 19.2. The summed E-state index contributed by atoms with van der Waals surface area (Å²) in [5, 5.41) is 11.1. The third kappa shape index (κ3) is 5.68. The van der Waals surface area contributed by atoms with Crippen LogP contribution in [-0.2, 0) is 16.6 Å². The van der Waals surface area contributed by atoms with E-state index in [1.54, 1.807) is 11.6 Å². The number of benzene rings is 2. The fourth-order valence-corrected chi connectivity index (χ4v) is 9.67. The number of carbonyl (C=O) groups is 3. The Morgan fingerprint density at radius 3 is 2.48 bits per heavy atom. The third-order valence-electron chi connectivity index (χ3n) is 11.5. The van der Waals surface area contributed by atoms with Gasteiger partial charge >= 0.3 is 5.69 Å². The number of rotatable bonds is 5. The van der Waals surface area contributed by atoms with Crippen LogP contribution >= 0.6 is 11.3 Å². The van der Waals surface area contributed by atoms with Crippen molar-refractivity contribution in [2.24, 2.45) is 13.0 Å². The summed E-state index contributed by atoms with van der Waals surface area (Å²) in [5.74, 6) is 0.938. The third-order valence-corrected chi connectivity index (χ3v) is 12.6. The molecule has 5 aromatic rings. The highest BCUT2D eigenvalue weighted by molar-refractivity contribution is 7.21. The number of aromatic nitrogens is 3. The molecule has 52 heavy (non-hydrogen) atoms. The van der Waals surface area contributed by atoms with E-state index in [4.69, 9.17) is 4.98 Å². The standard InChI is InChI=1S/C38H43N9O4S/c1-22-20-39-34-33-25-4-9-31(41-26(25)5-8-30(33)52-35(34)37(50)40-22)46-13-11-23(12-14-46)21-44-15-17-45(18-16-44)24-3-6-27-29(19-24)43(2)38(51)47(27)28-7-10-32(48)42-36(28)49/h3-6,8-9,19,22-23,28,39H,7,10-18,20-21H2,1-2H3,(H,40,50)(H,42,48,49)/t22-,28?/m1/s1. The molecule has 0 saturated carbocycles. The summed E-state index contributed by atoms with van der Waals surface area (Å²) in [6.07, 6.45) is 2.81. The van der Waals surface area contributed by atoms with Gasteiger partial charge < -0.3 is 20.4 Å². The summed E-state index contributed by atoms with van der Waals surface area (Å²) >= 11 is 1.54. The number of carbonyl (C=O) groups excluding carboxylic acids is 3. The number of piperazine rings is 1. The molecule has 4 aliphatic heterocycles. The molecule has 0 aliphatic carbocycles. The van der Waals surface area contributed by atoms with Crippen LogP contribution in [0.1, 0.15) is 48.3 Å². The lowest BCUT2D eigenvalue weighted by Gasteiger charge is -2.40. The number of hydrogen-bond acceptors (Lipinski definition) is 10. The van der Waals surface area contributed by atoms with Crippen LogP contribution in [0.3, 0.4) is 0 Å². The van der Waals surface area contributed by atoms with E-state index in [2.05, 4.69) is 61.0 Å². The quantitative estimate of drug-likeness (QED) is 0.233. The largest absolute Gasteiger partial charge is 0.381 e. The maximum Gasteiger partial charge on any atom is 0.329 e. The Morgan fingerprint density at radius 1 is 0.885 bits per heavy atom. The highest BCUT2D eigenvalue weighted by atomic mass is 32.1. The summed E-state index contributed by atoms with van der Waals surface area (Å²) in [6, 6.07) is 13.9. The van der Waals surface area contributed by atoms with Gasteiger partial charge in [-0.1, -0.05) is 0 Å². The average Bonchev–Trinajstić information content (AvgIpc) is 3.60. The molecule has 270 valence electrons. The summed E-state index contributed by atoms with van der Waals surface area (Å²) in [6.45, 7) is 9.55. The van der Waals surface area contributed by atoms with Gasteiger partial charge in [-0.05, 0) is 74.6 Å². The highest BCUT2D eigenvalue weighted by Gasteiger charge is 2.32. The number of anilines is 3. The van der Waals surface area contributed by atoms with Gasteiger partial charge in [0.05, 0.1) is 22.2 Å². The molecule has 3 saturated heterocycles. The van der Waals surface area contributed by atoms with Crippen molar-refractivity contribution in [3.8, 4) is 0 Å². The first-order chi connectivity index (χ1) is 25.2. The van der Waals surface area contributed by atoms with E-state index in [1.807, 2.05) is 19.1 Å². The maximum atomic E-state index is 13.2. The predicted molar refractivity (Wildman–Crippen MR) is 205 cm³/mol. The fraction of sp³-hybridized carbons (Fsp3) is 0.447. The van der Waals surface area contributed by atoms with Gasteiger partial charge in [-0.15, -0.1) is 11.3 Å². The van der Waals surface area contributed by atoms with Gasteiger partial charge in [0.15, 0.2) is 0 Å². The van der Waals surface area contributed by atoms with Gasteiger partial charge in [0, 0.05) is 93.0 Å². The van der Waals surface area contributed by atoms with Gasteiger partial charge in [0.2, 0.25) is 11.8 Å². The number of aryl methyl sites for hydroxylation is 1. The first-order valence-electron chi connectivity index (χ1n) is 18.4. The van der Waals surface area contributed by atoms with Crippen LogP contribution in [0.15, 0.2) is 47.3 Å². The lowest BCUT2D eigenvalue weighted by atomic mass is 9.95. The molecule has 7 heterocycles. The molecule has 3 N–H and O–H groups in total. The van der Waals surface area contributed by atoms with Gasteiger partial charge in [-0.3, -0.25) is 33.7 Å². The molecule has 0 radical (unpaired) electrons. The minimum Gasteiger partial charge on any atom is -0.381 e. The summed E-state index contributed by atoms with van der Waals surface area (Å²) in [4.78, 5) is 63.5. The Bertz CT molecular complexity index is 2310. The Labute approximate surface area is 304 Å². The fourth-order valence-electron chi connectivity index (χ4n) is 8.57. The Morgan fingerprint density at radius 2 is 1.69 bits per heavy atom. The number of nitrogens with one attached hydrogen (secondary N) is 3. The van der Waals surface area contributed by atoms with Crippen LogP contribution < -0.4 is 31.4 Å². The molecule has 2 atom stereocenters. The molecule has 3 fully saturated rings. The van der Waals surface area contributed by atoms with Crippen molar-refractivity contribution in [1.29, 1.82) is 0 Å². The second kappa shape index (κ2) is 12.9. The predicted octanol–water partition coefficient (Wildman–Crippen LogP) is 3.66. The van der Waals surface area contributed by atoms with Gasteiger partial charge in [-0.25, -0.2) is 9.78 Å². The van der Waals surface area contributed by atoms with Crippen molar-refractivity contribution < 1.29 is 14.4 Å². The van der Waals surface area contributed by atoms with Crippen LogP contribution in [0.25, 0.3) is 32.0 Å². The van der Waals surface area contributed by atoms with Crippen LogP contribution in [0, 0.1) is 5.92 Å². The molecule has 0 bridgehead atoms. The van der Waals surface area contributed by atoms with Gasteiger partial charge in [0.1, 0.15) is 16.7 Å². The number of nitrogens with zero attached hydrogens (tertiary/aromatic N) is 6. The zero-order chi connectivity index (χ0) is 35.7. The number of imidazole rings is 1. The molecular formula is C38H43N9O4S. The van der Waals surface area contributed by atoms with E-state index in [1.165, 1.54) is 15.9 Å². The molecule has 1 unspecified atom stereocenters. The molecule has 3 aromatic heterocycles. The number of pyridine rings is 1. The monoisotopic (exact) mass is 721 g/mol. The van der Waals surface area contributed by atoms with Crippen molar-refractivity contribution in [2.45, 2.75) is 44.7 Å². The second-order valence-corrected chi connectivity index (χ2v) is 15.9. The first kappa shape index (κ1) is 32.9. The van der Waals surface area contributed by atoms with E-state index in [-0.39, 0.29) is 30.0 Å². The van der Waals surface area contributed by atoms with Crippen molar-refractivity contribution in [2.75, 3.05) is 67.5 Å². The number of fused-ring (bicyclic) bond motifs is 6. The lowest BCUT2D eigenvalue weighted by Crippen LogP contribution is -2.49. The number of piperidine rings is 2.